The van der Waals surface area contributed by atoms with Gasteiger partial charge in [-0.05, 0) is 55.0 Å². The number of aromatic nitrogens is 3. The maximum Gasteiger partial charge on any atom is 0.250 e. The van der Waals surface area contributed by atoms with Gasteiger partial charge in [0.1, 0.15) is 5.75 Å². The maximum absolute atomic E-state index is 12.1. The van der Waals surface area contributed by atoms with E-state index >= 15 is 0 Å². The molecule has 0 saturated carbocycles. The quantitative estimate of drug-likeness (QED) is 0.298. The predicted molar refractivity (Wildman–Crippen MR) is 119 cm³/mol. The minimum absolute atomic E-state index is 0.0362. The van der Waals surface area contributed by atoms with Crippen LogP contribution >= 0.6 is 11.8 Å². The number of hydrazone groups is 1. The number of ether oxygens (including phenoxy) is 2. The summed E-state index contributed by atoms with van der Waals surface area (Å²) in [6, 6.07) is 12.3. The van der Waals surface area contributed by atoms with Crippen molar-refractivity contribution in [1.29, 1.82) is 0 Å². The smallest absolute Gasteiger partial charge is 0.250 e. The molecule has 0 saturated heterocycles. The van der Waals surface area contributed by atoms with E-state index in [1.54, 1.807) is 19.2 Å². The second kappa shape index (κ2) is 10.5. The fourth-order valence-electron chi connectivity index (χ4n) is 2.75. The summed E-state index contributed by atoms with van der Waals surface area (Å²) in [5, 5.41) is 22.7. The van der Waals surface area contributed by atoms with Crippen molar-refractivity contribution in [2.45, 2.75) is 18.6 Å². The number of nitrogens with zero attached hydrogens (tertiary/aromatic N) is 4. The van der Waals surface area contributed by atoms with E-state index in [2.05, 4.69) is 20.7 Å². The number of methoxy groups -OCH3 is 2. The highest BCUT2D eigenvalue weighted by Crippen LogP contribution is 2.26. The van der Waals surface area contributed by atoms with Gasteiger partial charge in [-0.25, -0.2) is 5.43 Å². The first kappa shape index (κ1) is 22.2. The van der Waals surface area contributed by atoms with Crippen LogP contribution in [-0.4, -0.2) is 52.0 Å². The third-order valence-corrected chi connectivity index (χ3v) is 5.29. The van der Waals surface area contributed by atoms with Gasteiger partial charge < -0.3 is 19.1 Å². The van der Waals surface area contributed by atoms with E-state index in [1.807, 2.05) is 35.8 Å². The van der Waals surface area contributed by atoms with Crippen LogP contribution in [0.5, 0.6) is 17.2 Å². The summed E-state index contributed by atoms with van der Waals surface area (Å²) in [6.07, 6.45) is 1.47. The molecule has 9 nitrogen and oxygen atoms in total. The van der Waals surface area contributed by atoms with Crippen LogP contribution in [0.1, 0.15) is 12.5 Å². The molecule has 0 bridgehead atoms. The van der Waals surface area contributed by atoms with Crippen LogP contribution in [0.3, 0.4) is 0 Å². The standard InChI is InChI=1S/C21H23N5O4S/c1-4-26-20(15-6-8-16(29-2)9-7-15)24-25-21(26)31-13-19(28)23-22-12-14-5-10-17(27)18(11-14)30-3/h5-12,27H,4,13H2,1-3H3,(H,23,28)/b22-12-. The van der Waals surface area contributed by atoms with E-state index < -0.39 is 0 Å². The Balaban J connectivity index is 1.59. The van der Waals surface area contributed by atoms with E-state index in [4.69, 9.17) is 9.47 Å². The second-order valence-corrected chi connectivity index (χ2v) is 7.23. The highest BCUT2D eigenvalue weighted by atomic mass is 32.2. The van der Waals surface area contributed by atoms with Crippen molar-refractivity contribution in [2.24, 2.45) is 5.10 Å². The zero-order valence-corrected chi connectivity index (χ0v) is 18.2. The van der Waals surface area contributed by atoms with Crippen LogP contribution in [0, 0.1) is 0 Å². The number of aromatic hydroxyl groups is 1. The fraction of sp³-hybridized carbons (Fsp3) is 0.238. The van der Waals surface area contributed by atoms with Gasteiger partial charge in [0, 0.05) is 12.1 Å². The summed E-state index contributed by atoms with van der Waals surface area (Å²) in [6.45, 7) is 2.66. The Kier molecular flexibility index (Phi) is 7.50. The first-order chi connectivity index (χ1) is 15.0. The lowest BCUT2D eigenvalue weighted by Gasteiger charge is -2.07. The highest BCUT2D eigenvalue weighted by molar-refractivity contribution is 7.99. The first-order valence-corrected chi connectivity index (χ1v) is 10.4. The molecule has 3 rings (SSSR count). The van der Waals surface area contributed by atoms with Gasteiger partial charge in [0.25, 0.3) is 5.91 Å². The Hall–Kier alpha value is -3.53. The second-order valence-electron chi connectivity index (χ2n) is 6.29. The largest absolute Gasteiger partial charge is 0.504 e. The van der Waals surface area contributed by atoms with Crippen LogP contribution in [0.4, 0.5) is 0 Å². The monoisotopic (exact) mass is 441 g/mol. The minimum Gasteiger partial charge on any atom is -0.504 e. The molecule has 0 aliphatic heterocycles. The van der Waals surface area contributed by atoms with Crippen molar-refractivity contribution in [3.05, 3.63) is 48.0 Å². The fourth-order valence-corrected chi connectivity index (χ4v) is 3.54. The van der Waals surface area contributed by atoms with Crippen LogP contribution in [0.25, 0.3) is 11.4 Å². The third-order valence-electron chi connectivity index (χ3n) is 4.32. The van der Waals surface area contributed by atoms with E-state index in [0.29, 0.717) is 23.0 Å². The SMILES string of the molecule is CCn1c(SCC(=O)N/N=C\c2ccc(O)c(OC)c2)nnc1-c1ccc(OC)cc1. The Morgan fingerprint density at radius 1 is 1.19 bits per heavy atom. The highest BCUT2D eigenvalue weighted by Gasteiger charge is 2.14. The van der Waals surface area contributed by atoms with E-state index in [-0.39, 0.29) is 17.4 Å². The van der Waals surface area contributed by atoms with Gasteiger partial charge in [-0.1, -0.05) is 11.8 Å². The lowest BCUT2D eigenvalue weighted by molar-refractivity contribution is -0.118. The van der Waals surface area contributed by atoms with Crippen molar-refractivity contribution in [3.8, 4) is 28.6 Å². The number of thioether (sulfide) groups is 1. The van der Waals surface area contributed by atoms with Crippen molar-refractivity contribution in [3.63, 3.8) is 0 Å². The first-order valence-electron chi connectivity index (χ1n) is 9.45. The van der Waals surface area contributed by atoms with Gasteiger partial charge in [0.05, 0.1) is 26.2 Å². The van der Waals surface area contributed by atoms with Crippen LogP contribution in [0.15, 0.2) is 52.7 Å². The summed E-state index contributed by atoms with van der Waals surface area (Å²) >= 11 is 1.28. The molecule has 1 heterocycles. The zero-order valence-electron chi connectivity index (χ0n) is 17.4. The average Bonchev–Trinajstić information content (AvgIpc) is 3.21. The van der Waals surface area contributed by atoms with Gasteiger partial charge >= 0.3 is 0 Å². The van der Waals surface area contributed by atoms with Gasteiger partial charge in [0.15, 0.2) is 22.5 Å². The van der Waals surface area contributed by atoms with Gasteiger partial charge in [0.2, 0.25) is 0 Å². The number of amides is 1. The molecule has 1 amide bonds. The molecule has 2 aromatic carbocycles. The van der Waals surface area contributed by atoms with Crippen LogP contribution < -0.4 is 14.9 Å². The van der Waals surface area contributed by atoms with Crippen molar-refractivity contribution < 1.29 is 19.4 Å². The Labute approximate surface area is 184 Å². The Morgan fingerprint density at radius 3 is 2.65 bits per heavy atom. The maximum atomic E-state index is 12.1. The number of hydrogen-bond acceptors (Lipinski definition) is 8. The normalized spacial score (nSPS) is 10.9. The minimum atomic E-state index is -0.274. The number of rotatable bonds is 9. The molecule has 0 aliphatic rings. The Bertz CT molecular complexity index is 1070. The van der Waals surface area contributed by atoms with Crippen LogP contribution in [-0.2, 0) is 11.3 Å². The average molecular weight is 442 g/mol. The molecule has 0 unspecified atom stereocenters. The van der Waals surface area contributed by atoms with E-state index in [9.17, 15) is 9.90 Å². The third kappa shape index (κ3) is 5.54. The zero-order chi connectivity index (χ0) is 22.2. The van der Waals surface area contributed by atoms with Crippen molar-refractivity contribution in [1.82, 2.24) is 20.2 Å². The number of carbonyl (C=O) groups excluding carboxylic acids is 1. The van der Waals surface area contributed by atoms with Crippen LogP contribution in [0.2, 0.25) is 0 Å². The molecule has 0 spiro atoms. The molecule has 0 aliphatic carbocycles. The summed E-state index contributed by atoms with van der Waals surface area (Å²) in [5.74, 6) is 1.73. The molecule has 0 radical (unpaired) electrons. The van der Waals surface area contributed by atoms with E-state index in [1.165, 1.54) is 31.2 Å². The number of nitrogens with one attached hydrogen (secondary N) is 1. The molecule has 10 heteroatoms. The number of hydrogen-bond donors (Lipinski definition) is 2. The number of benzene rings is 2. The van der Waals surface area contributed by atoms with Crippen molar-refractivity contribution >= 4 is 23.9 Å². The number of phenolic OH excluding ortho intramolecular Hbond substituents is 1. The summed E-state index contributed by atoms with van der Waals surface area (Å²) in [7, 11) is 3.08. The summed E-state index contributed by atoms with van der Waals surface area (Å²) < 4.78 is 12.2. The van der Waals surface area contributed by atoms with Gasteiger partial charge in [-0.15, -0.1) is 10.2 Å². The molecular weight excluding hydrogens is 418 g/mol. The molecule has 0 atom stereocenters. The lowest BCUT2D eigenvalue weighted by Crippen LogP contribution is -2.20. The summed E-state index contributed by atoms with van der Waals surface area (Å²) in [4.78, 5) is 12.1. The van der Waals surface area contributed by atoms with Gasteiger partial charge in [-0.3, -0.25) is 4.79 Å². The van der Waals surface area contributed by atoms with Gasteiger partial charge in [-0.2, -0.15) is 5.10 Å². The molecule has 0 fully saturated rings. The molecular formula is C21H23N5O4S. The number of carbonyl (C=O) groups is 1. The number of phenols is 1. The molecule has 3 aromatic rings. The molecule has 31 heavy (non-hydrogen) atoms. The predicted octanol–water partition coefficient (Wildman–Crippen LogP) is 2.93. The lowest BCUT2D eigenvalue weighted by atomic mass is 10.2. The van der Waals surface area contributed by atoms with E-state index in [0.717, 1.165) is 17.1 Å². The summed E-state index contributed by atoms with van der Waals surface area (Å²) in [5.41, 5.74) is 4.07. The topological polar surface area (TPSA) is 111 Å². The molecule has 2 N–H and O–H groups in total. The van der Waals surface area contributed by atoms with Crippen molar-refractivity contribution in [2.75, 3.05) is 20.0 Å². The molecule has 1 aromatic heterocycles. The Morgan fingerprint density at radius 2 is 1.97 bits per heavy atom. The molecule has 162 valence electrons.